The number of aryl methyl sites for hydroxylation is 2. The second-order valence-electron chi connectivity index (χ2n) is 16.9. The largest absolute Gasteiger partial charge is 0.468 e. The van der Waals surface area contributed by atoms with Crippen LogP contribution in [0.15, 0.2) is 65.0 Å². The Kier molecular flexibility index (Phi) is 13.8. The average molecular weight is 981 g/mol. The van der Waals surface area contributed by atoms with Gasteiger partial charge in [-0.2, -0.15) is 22.0 Å². The van der Waals surface area contributed by atoms with E-state index in [1.54, 1.807) is 35.7 Å². The Labute approximate surface area is 395 Å². The molecule has 0 spiro atoms. The van der Waals surface area contributed by atoms with Gasteiger partial charge >= 0.3 is 18.0 Å². The van der Waals surface area contributed by atoms with Crippen molar-refractivity contribution < 1.29 is 39.6 Å². The number of fused-ring (bicyclic) bond motifs is 6. The number of alkyl halides is 5. The lowest BCUT2D eigenvalue weighted by atomic mass is 10.0. The summed E-state index contributed by atoms with van der Waals surface area (Å²) < 4.78 is 91.6. The minimum atomic E-state index is -4.59. The Hall–Kier alpha value is -5.65. The average Bonchev–Trinajstić information content (AvgIpc) is 4.17. The van der Waals surface area contributed by atoms with E-state index in [2.05, 4.69) is 50.1 Å². The van der Waals surface area contributed by atoms with Crippen LogP contribution in [0.4, 0.5) is 22.0 Å². The highest BCUT2D eigenvalue weighted by molar-refractivity contribution is 7.99. The van der Waals surface area contributed by atoms with Crippen LogP contribution in [0.5, 0.6) is 0 Å². The topological polar surface area (TPSA) is 172 Å². The summed E-state index contributed by atoms with van der Waals surface area (Å²) in [5, 5.41) is 18.7. The molecule has 0 fully saturated rings. The molecule has 2 aromatic carbocycles. The molecule has 16 nitrogen and oxygen atoms in total. The van der Waals surface area contributed by atoms with Gasteiger partial charge in [0.1, 0.15) is 11.0 Å². The summed E-state index contributed by atoms with van der Waals surface area (Å²) in [6, 6.07) is 7.25. The van der Waals surface area contributed by atoms with Crippen LogP contribution < -0.4 is 0 Å². The molecule has 2 aliphatic heterocycles. The summed E-state index contributed by atoms with van der Waals surface area (Å²) in [7, 11) is 3.83. The molecule has 6 aromatic heterocycles. The van der Waals surface area contributed by atoms with E-state index in [1.165, 1.54) is 12.8 Å². The van der Waals surface area contributed by atoms with E-state index in [4.69, 9.17) is 17.7 Å². The van der Waals surface area contributed by atoms with Crippen molar-refractivity contribution in [2.24, 2.45) is 14.1 Å². The van der Waals surface area contributed by atoms with E-state index in [1.807, 2.05) is 49.2 Å². The first kappa shape index (κ1) is 47.4. The predicted molar refractivity (Wildman–Crippen MR) is 243 cm³/mol. The highest BCUT2D eigenvalue weighted by atomic mass is 32.2. The molecule has 10 rings (SSSR count). The van der Waals surface area contributed by atoms with Gasteiger partial charge in [-0.05, 0) is 94.3 Å². The lowest BCUT2D eigenvalue weighted by Gasteiger charge is -2.19. The molecule has 68 heavy (non-hydrogen) atoms. The molecule has 0 radical (unpaired) electrons. The monoisotopic (exact) mass is 980 g/mol. The van der Waals surface area contributed by atoms with E-state index in [9.17, 15) is 22.0 Å². The Bertz CT molecular complexity index is 2820. The molecular weight excluding hydrogens is 932 g/mol. The Morgan fingerprint density at radius 2 is 1.16 bits per heavy atom. The standard InChI is InChI=1S/C23H26F2N6O2S.C22H23F3N6O2S/c1-14-19(32-13-26-14)20-28-29-22(30(20)3)34-12-4-9-31-10-7-15-5-6-17-18(16(15)8-11-31)27-21(33-17)23(2,24)25;1-13-17(32-12-26-13)19-28-29-21(30(19)2)34-11-3-8-31-9-6-14-4-5-16-18(15(14)7-10-31)33-20(27-16)22(23,24)25/h5-6,13H,4,7-12H2,1-3H3;4-5,12H,3,6-11H2,1-2H3. The summed E-state index contributed by atoms with van der Waals surface area (Å²) >= 11 is 3.30. The number of hydrogen-bond acceptors (Lipinski definition) is 16. The number of oxazole rings is 4. The summed E-state index contributed by atoms with van der Waals surface area (Å²) in [6.07, 6.45) is 3.20. The fraction of sp³-hybridized carbons (Fsp3) is 0.467. The van der Waals surface area contributed by atoms with Crippen LogP contribution in [-0.2, 0) is 51.9 Å². The van der Waals surface area contributed by atoms with Crippen LogP contribution in [0.2, 0.25) is 0 Å². The SMILES string of the molecule is Cc1ncoc1-c1nnc(SCCCN2CCc3ccc4nc(C(F)(F)F)oc4c3CC2)n1C.Cc1ncoc1-c1nnc(SCCCN2CCc3ccc4oc(C(C)(F)F)nc4c3CC2)n1C. The van der Waals surface area contributed by atoms with Crippen LogP contribution in [0.1, 0.15) is 65.2 Å². The van der Waals surface area contributed by atoms with E-state index in [-0.39, 0.29) is 11.1 Å². The van der Waals surface area contributed by atoms with Crippen molar-refractivity contribution >= 4 is 45.7 Å². The zero-order valence-corrected chi connectivity index (χ0v) is 39.7. The van der Waals surface area contributed by atoms with Crippen LogP contribution in [0.25, 0.3) is 45.4 Å². The number of rotatable bonds is 13. The summed E-state index contributed by atoms with van der Waals surface area (Å²) in [5.41, 5.74) is 7.16. The van der Waals surface area contributed by atoms with Gasteiger partial charge < -0.3 is 36.6 Å². The lowest BCUT2D eigenvalue weighted by molar-refractivity contribution is -0.156. The first-order valence-corrected chi connectivity index (χ1v) is 24.2. The Morgan fingerprint density at radius 1 is 0.632 bits per heavy atom. The predicted octanol–water partition coefficient (Wildman–Crippen LogP) is 9.14. The van der Waals surface area contributed by atoms with Gasteiger partial charge in [0.05, 0.1) is 11.4 Å². The van der Waals surface area contributed by atoms with Crippen molar-refractivity contribution in [3.05, 3.63) is 82.5 Å². The van der Waals surface area contributed by atoms with Crippen LogP contribution in [0, 0.1) is 13.8 Å². The number of halogens is 5. The molecule has 0 N–H and O–H groups in total. The van der Waals surface area contributed by atoms with Gasteiger partial charge in [0.25, 0.3) is 5.89 Å². The zero-order chi connectivity index (χ0) is 47.7. The third kappa shape index (κ3) is 10.2. The molecule has 2 aliphatic rings. The molecule has 23 heteroatoms. The van der Waals surface area contributed by atoms with Crippen molar-refractivity contribution in [1.29, 1.82) is 0 Å². The molecular formula is C45H49F5N12O4S2. The molecule has 360 valence electrons. The normalized spacial score (nSPS) is 15.1. The summed E-state index contributed by atoms with van der Waals surface area (Å²) in [5.74, 6) is -0.423. The van der Waals surface area contributed by atoms with Gasteiger partial charge in [-0.15, -0.1) is 20.4 Å². The van der Waals surface area contributed by atoms with Crippen molar-refractivity contribution in [3.8, 4) is 23.2 Å². The fourth-order valence-electron chi connectivity index (χ4n) is 8.49. The number of aromatic nitrogens is 10. The minimum absolute atomic E-state index is 0.263. The fourth-order valence-corrected chi connectivity index (χ4v) is 10.2. The van der Waals surface area contributed by atoms with Crippen molar-refractivity contribution in [2.75, 3.05) is 50.8 Å². The number of nitrogens with zero attached hydrogens (tertiary/aromatic N) is 12. The third-order valence-electron chi connectivity index (χ3n) is 12.2. The van der Waals surface area contributed by atoms with E-state index in [0.717, 1.165) is 134 Å². The van der Waals surface area contributed by atoms with Crippen molar-refractivity contribution in [2.45, 2.75) is 81.7 Å². The molecule has 0 saturated carbocycles. The Balaban J connectivity index is 0.000000170. The number of thioether (sulfide) groups is 2. The molecule has 8 heterocycles. The number of benzene rings is 2. The first-order valence-electron chi connectivity index (χ1n) is 22.2. The quantitative estimate of drug-likeness (QED) is 0.0608. The molecule has 0 unspecified atom stereocenters. The van der Waals surface area contributed by atoms with Crippen LogP contribution in [-0.4, -0.2) is 110 Å². The maximum Gasteiger partial charge on any atom is 0.468 e. The van der Waals surface area contributed by atoms with E-state index < -0.39 is 23.9 Å². The van der Waals surface area contributed by atoms with Gasteiger partial charge in [-0.3, -0.25) is 0 Å². The van der Waals surface area contributed by atoms with Gasteiger partial charge in [0.2, 0.25) is 11.6 Å². The highest BCUT2D eigenvalue weighted by Crippen LogP contribution is 2.36. The van der Waals surface area contributed by atoms with E-state index >= 15 is 0 Å². The zero-order valence-electron chi connectivity index (χ0n) is 38.1. The maximum absolute atomic E-state index is 13.7. The first-order chi connectivity index (χ1) is 32.6. The lowest BCUT2D eigenvalue weighted by Crippen LogP contribution is -2.27. The summed E-state index contributed by atoms with van der Waals surface area (Å²) in [6.45, 7) is 9.80. The van der Waals surface area contributed by atoms with Gasteiger partial charge in [-0.1, -0.05) is 35.7 Å². The van der Waals surface area contributed by atoms with E-state index in [0.29, 0.717) is 40.7 Å². The molecule has 8 aromatic rings. The molecule has 0 amide bonds. The molecule has 0 aliphatic carbocycles. The smallest absolute Gasteiger partial charge is 0.440 e. The second-order valence-corrected chi connectivity index (χ2v) is 19.0. The van der Waals surface area contributed by atoms with Gasteiger partial charge in [0.15, 0.2) is 45.8 Å². The summed E-state index contributed by atoms with van der Waals surface area (Å²) in [4.78, 5) is 20.8. The van der Waals surface area contributed by atoms with Crippen LogP contribution >= 0.6 is 23.5 Å². The molecule has 0 bridgehead atoms. The van der Waals surface area contributed by atoms with Crippen molar-refractivity contribution in [1.82, 2.24) is 59.3 Å². The van der Waals surface area contributed by atoms with Crippen LogP contribution in [0.3, 0.4) is 0 Å². The molecule has 0 atom stereocenters. The minimum Gasteiger partial charge on any atom is -0.440 e. The third-order valence-corrected chi connectivity index (χ3v) is 14.4. The van der Waals surface area contributed by atoms with Gasteiger partial charge in [0, 0.05) is 64.3 Å². The Morgan fingerprint density at radius 3 is 1.69 bits per heavy atom. The second kappa shape index (κ2) is 19.8. The maximum atomic E-state index is 13.7. The van der Waals surface area contributed by atoms with Gasteiger partial charge in [-0.25, -0.2) is 19.9 Å². The molecule has 0 saturated heterocycles. The highest BCUT2D eigenvalue weighted by Gasteiger charge is 2.38. The number of hydrogen-bond donors (Lipinski definition) is 0. The van der Waals surface area contributed by atoms with Crippen molar-refractivity contribution in [3.63, 3.8) is 0 Å².